The van der Waals surface area contributed by atoms with Gasteiger partial charge in [-0.1, -0.05) is 0 Å². The van der Waals surface area contributed by atoms with Crippen LogP contribution in [0.5, 0.6) is 5.75 Å². The van der Waals surface area contributed by atoms with Crippen LogP contribution in [0.25, 0.3) is 10.9 Å². The van der Waals surface area contributed by atoms with Crippen molar-refractivity contribution in [2.75, 3.05) is 19.8 Å². The molecule has 6 heteroatoms. The SMILES string of the molecule is C[C@H](N)Cc1[nH]nc2ccc3c(c12)C[C@@H](OCCO)CO3. The maximum absolute atomic E-state index is 8.88. The van der Waals surface area contributed by atoms with Gasteiger partial charge >= 0.3 is 0 Å². The molecule has 0 saturated heterocycles. The van der Waals surface area contributed by atoms with Crippen LogP contribution in [0.2, 0.25) is 0 Å². The molecule has 1 aliphatic rings. The van der Waals surface area contributed by atoms with Crippen LogP contribution < -0.4 is 10.5 Å². The smallest absolute Gasteiger partial charge is 0.123 e. The Morgan fingerprint density at radius 1 is 1.57 bits per heavy atom. The van der Waals surface area contributed by atoms with E-state index in [0.717, 1.165) is 40.8 Å². The predicted molar refractivity (Wildman–Crippen MR) is 79.5 cm³/mol. The number of nitrogens with two attached hydrogens (primary N) is 1. The van der Waals surface area contributed by atoms with E-state index in [9.17, 15) is 0 Å². The molecule has 1 aliphatic heterocycles. The number of fused-ring (bicyclic) bond motifs is 3. The van der Waals surface area contributed by atoms with Crippen LogP contribution in [0.1, 0.15) is 18.2 Å². The first-order chi connectivity index (χ1) is 10.2. The van der Waals surface area contributed by atoms with Crippen molar-refractivity contribution in [3.8, 4) is 5.75 Å². The van der Waals surface area contributed by atoms with E-state index < -0.39 is 0 Å². The maximum atomic E-state index is 8.88. The summed E-state index contributed by atoms with van der Waals surface area (Å²) in [5.74, 6) is 0.888. The van der Waals surface area contributed by atoms with Gasteiger partial charge in [-0.15, -0.1) is 0 Å². The Bertz CT molecular complexity index is 624. The van der Waals surface area contributed by atoms with E-state index >= 15 is 0 Å². The molecule has 4 N–H and O–H groups in total. The van der Waals surface area contributed by atoms with Crippen LogP contribution in [0.15, 0.2) is 12.1 Å². The highest BCUT2D eigenvalue weighted by atomic mass is 16.5. The van der Waals surface area contributed by atoms with E-state index in [1.54, 1.807) is 0 Å². The molecule has 1 aromatic heterocycles. The monoisotopic (exact) mass is 291 g/mol. The number of nitrogens with one attached hydrogen (secondary N) is 1. The van der Waals surface area contributed by atoms with E-state index in [-0.39, 0.29) is 18.8 Å². The first-order valence-electron chi connectivity index (χ1n) is 7.28. The molecule has 114 valence electrons. The van der Waals surface area contributed by atoms with Gasteiger partial charge in [0.1, 0.15) is 12.4 Å². The molecule has 0 bridgehead atoms. The van der Waals surface area contributed by atoms with Gasteiger partial charge in [-0.05, 0) is 19.1 Å². The van der Waals surface area contributed by atoms with Crippen LogP contribution in [-0.2, 0) is 17.6 Å². The van der Waals surface area contributed by atoms with Crippen molar-refractivity contribution in [2.45, 2.75) is 31.9 Å². The Hall–Kier alpha value is -1.63. The number of benzene rings is 1. The highest BCUT2D eigenvalue weighted by Crippen LogP contribution is 2.34. The molecular weight excluding hydrogens is 270 g/mol. The van der Waals surface area contributed by atoms with Crippen molar-refractivity contribution in [2.24, 2.45) is 5.73 Å². The summed E-state index contributed by atoms with van der Waals surface area (Å²) in [6.45, 7) is 2.84. The predicted octanol–water partition coefficient (Wildman–Crippen LogP) is 0.765. The van der Waals surface area contributed by atoms with Crippen LogP contribution in [0.3, 0.4) is 0 Å². The van der Waals surface area contributed by atoms with Crippen molar-refractivity contribution in [3.63, 3.8) is 0 Å². The summed E-state index contributed by atoms with van der Waals surface area (Å²) in [5.41, 5.74) is 9.00. The molecular formula is C15H21N3O3. The number of rotatable bonds is 5. The normalized spacial score (nSPS) is 19.3. The summed E-state index contributed by atoms with van der Waals surface area (Å²) in [7, 11) is 0. The third kappa shape index (κ3) is 2.88. The van der Waals surface area contributed by atoms with E-state index in [2.05, 4.69) is 10.2 Å². The van der Waals surface area contributed by atoms with Gasteiger partial charge in [-0.3, -0.25) is 5.10 Å². The Kier molecular flexibility index (Phi) is 4.10. The van der Waals surface area contributed by atoms with Crippen molar-refractivity contribution in [1.82, 2.24) is 10.2 Å². The molecule has 2 aromatic rings. The average molecular weight is 291 g/mol. The van der Waals surface area contributed by atoms with Gasteiger partial charge in [0.05, 0.1) is 24.8 Å². The maximum Gasteiger partial charge on any atom is 0.123 e. The summed E-state index contributed by atoms with van der Waals surface area (Å²) in [4.78, 5) is 0. The Morgan fingerprint density at radius 3 is 3.19 bits per heavy atom. The summed E-state index contributed by atoms with van der Waals surface area (Å²) in [6, 6.07) is 3.98. The standard InChI is InChI=1S/C15H21N3O3/c1-9(16)6-13-15-11-7-10(20-5-4-19)8-21-14(11)3-2-12(15)17-18-13/h2-3,9-10,19H,4-8,16H2,1H3,(H,17,18)/t9-,10+/m0/s1. The van der Waals surface area contributed by atoms with Crippen molar-refractivity contribution >= 4 is 10.9 Å². The molecule has 6 nitrogen and oxygen atoms in total. The average Bonchev–Trinajstić information content (AvgIpc) is 2.87. The molecule has 0 radical (unpaired) electrons. The zero-order valence-electron chi connectivity index (χ0n) is 12.1. The van der Waals surface area contributed by atoms with Crippen molar-refractivity contribution < 1.29 is 14.6 Å². The quantitative estimate of drug-likeness (QED) is 0.756. The molecule has 0 fully saturated rings. The van der Waals surface area contributed by atoms with Crippen molar-refractivity contribution in [3.05, 3.63) is 23.4 Å². The first kappa shape index (κ1) is 14.3. The number of aliphatic hydroxyl groups excluding tert-OH is 1. The molecule has 0 aliphatic carbocycles. The number of aliphatic hydroxyl groups is 1. The van der Waals surface area contributed by atoms with E-state index in [0.29, 0.717) is 13.2 Å². The molecule has 1 aromatic carbocycles. The number of nitrogens with zero attached hydrogens (tertiary/aromatic N) is 1. The highest BCUT2D eigenvalue weighted by molar-refractivity contribution is 5.87. The zero-order chi connectivity index (χ0) is 14.8. The summed E-state index contributed by atoms with van der Waals surface area (Å²) < 4.78 is 11.4. The third-order valence-electron chi connectivity index (χ3n) is 3.69. The van der Waals surface area contributed by atoms with E-state index in [1.807, 2.05) is 19.1 Å². The summed E-state index contributed by atoms with van der Waals surface area (Å²) >= 11 is 0. The molecule has 0 spiro atoms. The first-order valence-corrected chi connectivity index (χ1v) is 7.28. The fourth-order valence-electron chi connectivity index (χ4n) is 2.83. The third-order valence-corrected chi connectivity index (χ3v) is 3.69. The number of aromatic amines is 1. The van der Waals surface area contributed by atoms with Crippen LogP contribution in [0, 0.1) is 0 Å². The van der Waals surface area contributed by atoms with Crippen LogP contribution >= 0.6 is 0 Å². The Morgan fingerprint density at radius 2 is 2.43 bits per heavy atom. The zero-order valence-corrected chi connectivity index (χ0v) is 12.1. The second-order valence-electron chi connectivity index (χ2n) is 5.55. The minimum Gasteiger partial charge on any atom is -0.491 e. The van der Waals surface area contributed by atoms with E-state index in [1.165, 1.54) is 0 Å². The lowest BCUT2D eigenvalue weighted by atomic mass is 9.97. The lowest BCUT2D eigenvalue weighted by Crippen LogP contribution is -2.30. The topological polar surface area (TPSA) is 93.4 Å². The number of hydrogen-bond acceptors (Lipinski definition) is 5. The molecule has 0 amide bonds. The number of H-pyrrole nitrogens is 1. The number of ether oxygens (including phenoxy) is 2. The largest absolute Gasteiger partial charge is 0.491 e. The molecule has 3 rings (SSSR count). The molecule has 0 saturated carbocycles. The molecule has 21 heavy (non-hydrogen) atoms. The minimum absolute atomic E-state index is 0.0230. The molecule has 0 unspecified atom stereocenters. The lowest BCUT2D eigenvalue weighted by Gasteiger charge is -2.26. The number of aromatic nitrogens is 2. The van der Waals surface area contributed by atoms with Gasteiger partial charge in [-0.25, -0.2) is 0 Å². The fraction of sp³-hybridized carbons (Fsp3) is 0.533. The fourth-order valence-corrected chi connectivity index (χ4v) is 2.83. The van der Waals surface area contributed by atoms with Gasteiger partial charge in [0, 0.05) is 35.5 Å². The van der Waals surface area contributed by atoms with Crippen molar-refractivity contribution in [1.29, 1.82) is 0 Å². The van der Waals surface area contributed by atoms with Crippen LogP contribution in [0.4, 0.5) is 0 Å². The summed E-state index contributed by atoms with van der Waals surface area (Å²) in [5, 5.41) is 17.4. The second kappa shape index (κ2) is 6.01. The highest BCUT2D eigenvalue weighted by Gasteiger charge is 2.24. The lowest BCUT2D eigenvalue weighted by molar-refractivity contribution is -0.00434. The summed E-state index contributed by atoms with van der Waals surface area (Å²) in [6.07, 6.45) is 1.47. The molecule has 2 atom stereocenters. The van der Waals surface area contributed by atoms with E-state index in [4.69, 9.17) is 20.3 Å². The van der Waals surface area contributed by atoms with Gasteiger partial charge in [0.25, 0.3) is 0 Å². The Balaban J connectivity index is 1.96. The van der Waals surface area contributed by atoms with Gasteiger partial charge in [0.2, 0.25) is 0 Å². The van der Waals surface area contributed by atoms with Gasteiger partial charge in [-0.2, -0.15) is 5.10 Å². The van der Waals surface area contributed by atoms with Gasteiger partial charge < -0.3 is 20.3 Å². The number of hydrogen-bond donors (Lipinski definition) is 3. The van der Waals surface area contributed by atoms with Crippen LogP contribution in [-0.4, -0.2) is 47.3 Å². The minimum atomic E-state index is -0.0340. The Labute approximate surface area is 123 Å². The van der Waals surface area contributed by atoms with Gasteiger partial charge in [0.15, 0.2) is 0 Å². The second-order valence-corrected chi connectivity index (χ2v) is 5.55. The molecule has 2 heterocycles.